The summed E-state index contributed by atoms with van der Waals surface area (Å²) >= 11 is 0. The SMILES string of the molecule is CCC(O)c1c(C)nn(Cc2nnn(C)n2)c1C. The Hall–Kier alpha value is -1.76. The Morgan fingerprint density at radius 2 is 2.00 bits per heavy atom. The number of hydrogen-bond acceptors (Lipinski definition) is 5. The van der Waals surface area contributed by atoms with Crippen molar-refractivity contribution in [3.05, 3.63) is 22.8 Å². The predicted molar refractivity (Wildman–Crippen MR) is 64.9 cm³/mol. The highest BCUT2D eigenvalue weighted by molar-refractivity contribution is 5.27. The molecule has 1 unspecified atom stereocenters. The largest absolute Gasteiger partial charge is 0.388 e. The Morgan fingerprint density at radius 3 is 2.56 bits per heavy atom. The number of aromatic nitrogens is 6. The second-order valence-corrected chi connectivity index (χ2v) is 4.36. The molecule has 2 aromatic rings. The molecule has 18 heavy (non-hydrogen) atoms. The molecule has 0 saturated heterocycles. The van der Waals surface area contributed by atoms with Crippen molar-refractivity contribution in [2.24, 2.45) is 7.05 Å². The third kappa shape index (κ3) is 2.26. The van der Waals surface area contributed by atoms with Crippen LogP contribution in [0.3, 0.4) is 0 Å². The topological polar surface area (TPSA) is 81.7 Å². The molecule has 0 fully saturated rings. The summed E-state index contributed by atoms with van der Waals surface area (Å²) < 4.78 is 1.81. The minimum Gasteiger partial charge on any atom is -0.388 e. The fourth-order valence-electron chi connectivity index (χ4n) is 2.07. The highest BCUT2D eigenvalue weighted by Gasteiger charge is 2.18. The van der Waals surface area contributed by atoms with E-state index in [4.69, 9.17) is 0 Å². The molecule has 1 N–H and O–H groups in total. The van der Waals surface area contributed by atoms with E-state index in [1.54, 1.807) is 11.7 Å². The van der Waals surface area contributed by atoms with E-state index >= 15 is 0 Å². The Kier molecular flexibility index (Phi) is 3.42. The Morgan fingerprint density at radius 1 is 1.28 bits per heavy atom. The van der Waals surface area contributed by atoms with Gasteiger partial charge in [-0.1, -0.05) is 6.92 Å². The summed E-state index contributed by atoms with van der Waals surface area (Å²) in [4.78, 5) is 1.42. The average molecular weight is 250 g/mol. The van der Waals surface area contributed by atoms with Gasteiger partial charge in [-0.15, -0.1) is 10.2 Å². The number of nitrogens with zero attached hydrogens (tertiary/aromatic N) is 6. The fourth-order valence-corrected chi connectivity index (χ4v) is 2.07. The van der Waals surface area contributed by atoms with Crippen LogP contribution in [0.2, 0.25) is 0 Å². The normalized spacial score (nSPS) is 12.9. The third-order valence-corrected chi connectivity index (χ3v) is 3.00. The first-order chi connectivity index (χ1) is 8.52. The predicted octanol–water partition coefficient (Wildman–Crippen LogP) is 0.515. The van der Waals surface area contributed by atoms with Gasteiger partial charge in [0.1, 0.15) is 6.54 Å². The molecule has 1 atom stereocenters. The van der Waals surface area contributed by atoms with Gasteiger partial charge in [0.2, 0.25) is 0 Å². The lowest BCUT2D eigenvalue weighted by molar-refractivity contribution is 0.172. The summed E-state index contributed by atoms with van der Waals surface area (Å²) in [7, 11) is 1.73. The van der Waals surface area contributed by atoms with E-state index in [2.05, 4.69) is 20.5 Å². The van der Waals surface area contributed by atoms with Gasteiger partial charge >= 0.3 is 0 Å². The summed E-state index contributed by atoms with van der Waals surface area (Å²) in [6.07, 6.45) is 0.213. The molecule has 2 aromatic heterocycles. The van der Waals surface area contributed by atoms with Crippen LogP contribution in [0.5, 0.6) is 0 Å². The van der Waals surface area contributed by atoms with Crippen molar-refractivity contribution in [2.75, 3.05) is 0 Å². The monoisotopic (exact) mass is 250 g/mol. The quantitative estimate of drug-likeness (QED) is 0.855. The highest BCUT2D eigenvalue weighted by Crippen LogP contribution is 2.23. The van der Waals surface area contributed by atoms with E-state index < -0.39 is 6.10 Å². The van der Waals surface area contributed by atoms with Crippen LogP contribution >= 0.6 is 0 Å². The van der Waals surface area contributed by atoms with Crippen molar-refractivity contribution in [1.82, 2.24) is 30.0 Å². The molecule has 7 heteroatoms. The van der Waals surface area contributed by atoms with E-state index in [1.807, 2.05) is 20.8 Å². The fraction of sp³-hybridized carbons (Fsp3) is 0.636. The number of rotatable bonds is 4. The molecule has 0 amide bonds. The van der Waals surface area contributed by atoms with E-state index in [0.717, 1.165) is 17.0 Å². The zero-order valence-electron chi connectivity index (χ0n) is 11.1. The summed E-state index contributed by atoms with van der Waals surface area (Å²) in [5.74, 6) is 0.612. The number of aliphatic hydroxyl groups is 1. The van der Waals surface area contributed by atoms with Crippen molar-refractivity contribution < 1.29 is 5.11 Å². The van der Waals surface area contributed by atoms with Crippen LogP contribution in [0.25, 0.3) is 0 Å². The molecular weight excluding hydrogens is 232 g/mol. The van der Waals surface area contributed by atoms with Crippen LogP contribution in [0.15, 0.2) is 0 Å². The van der Waals surface area contributed by atoms with Crippen molar-refractivity contribution in [1.29, 1.82) is 0 Å². The molecule has 98 valence electrons. The first kappa shape index (κ1) is 12.7. The van der Waals surface area contributed by atoms with Crippen molar-refractivity contribution >= 4 is 0 Å². The second kappa shape index (κ2) is 4.85. The maximum Gasteiger partial charge on any atom is 0.196 e. The van der Waals surface area contributed by atoms with E-state index in [1.165, 1.54) is 4.80 Å². The van der Waals surface area contributed by atoms with Crippen LogP contribution in [0.1, 0.15) is 42.2 Å². The minimum absolute atomic E-state index is 0.464. The second-order valence-electron chi connectivity index (χ2n) is 4.36. The lowest BCUT2D eigenvalue weighted by Crippen LogP contribution is -2.07. The van der Waals surface area contributed by atoms with Gasteiger partial charge in [0.05, 0.1) is 18.8 Å². The zero-order valence-corrected chi connectivity index (χ0v) is 11.1. The molecule has 2 rings (SSSR count). The van der Waals surface area contributed by atoms with Gasteiger partial charge in [-0.3, -0.25) is 4.68 Å². The third-order valence-electron chi connectivity index (χ3n) is 3.00. The van der Waals surface area contributed by atoms with E-state index in [-0.39, 0.29) is 0 Å². The average Bonchev–Trinajstić information content (AvgIpc) is 2.84. The Balaban J connectivity index is 2.29. The molecular formula is C11H18N6O. The van der Waals surface area contributed by atoms with Gasteiger partial charge in [0.25, 0.3) is 0 Å². The molecule has 2 heterocycles. The first-order valence-corrected chi connectivity index (χ1v) is 5.97. The molecule has 0 radical (unpaired) electrons. The Labute approximate surface area is 105 Å². The summed E-state index contributed by atoms with van der Waals surface area (Å²) in [5, 5.41) is 26.2. The lowest BCUT2D eigenvalue weighted by Gasteiger charge is -2.08. The van der Waals surface area contributed by atoms with Gasteiger partial charge < -0.3 is 5.11 Å². The van der Waals surface area contributed by atoms with Crippen molar-refractivity contribution in [3.8, 4) is 0 Å². The number of aliphatic hydroxyl groups excluding tert-OH is 1. The lowest BCUT2D eigenvalue weighted by atomic mass is 10.1. The molecule has 0 aromatic carbocycles. The number of aryl methyl sites for hydroxylation is 2. The Bertz CT molecular complexity index is 544. The maximum atomic E-state index is 9.97. The van der Waals surface area contributed by atoms with Crippen molar-refractivity contribution in [2.45, 2.75) is 39.8 Å². The smallest absolute Gasteiger partial charge is 0.196 e. The van der Waals surface area contributed by atoms with Crippen LogP contribution in [0, 0.1) is 13.8 Å². The summed E-state index contributed by atoms with van der Waals surface area (Å²) in [5.41, 5.74) is 2.71. The molecule has 0 bridgehead atoms. The first-order valence-electron chi connectivity index (χ1n) is 5.97. The van der Waals surface area contributed by atoms with Gasteiger partial charge in [-0.25, -0.2) is 0 Å². The number of tetrazole rings is 1. The van der Waals surface area contributed by atoms with Crippen LogP contribution in [0.4, 0.5) is 0 Å². The van der Waals surface area contributed by atoms with E-state index in [0.29, 0.717) is 18.8 Å². The number of hydrogen-bond donors (Lipinski definition) is 1. The molecule has 0 aliphatic heterocycles. The highest BCUT2D eigenvalue weighted by atomic mass is 16.3. The molecule has 0 aliphatic rings. The van der Waals surface area contributed by atoms with Crippen LogP contribution in [-0.4, -0.2) is 35.1 Å². The molecule has 0 aliphatic carbocycles. The zero-order chi connectivity index (χ0) is 13.3. The molecule has 7 nitrogen and oxygen atoms in total. The standard InChI is InChI=1S/C11H18N6O/c1-5-9(18)11-7(2)13-17(8(11)3)6-10-12-15-16(4)14-10/h9,18H,5-6H2,1-4H3. The minimum atomic E-state index is -0.464. The van der Waals surface area contributed by atoms with Gasteiger partial charge in [-0.2, -0.15) is 9.90 Å². The van der Waals surface area contributed by atoms with Crippen LogP contribution in [-0.2, 0) is 13.6 Å². The molecule has 0 spiro atoms. The molecule has 0 saturated carbocycles. The van der Waals surface area contributed by atoms with Gasteiger partial charge in [-0.05, 0) is 25.5 Å². The van der Waals surface area contributed by atoms with Gasteiger partial charge in [0.15, 0.2) is 5.82 Å². The van der Waals surface area contributed by atoms with Crippen molar-refractivity contribution in [3.63, 3.8) is 0 Å². The van der Waals surface area contributed by atoms with Crippen LogP contribution < -0.4 is 0 Å². The summed E-state index contributed by atoms with van der Waals surface area (Å²) in [6, 6.07) is 0. The van der Waals surface area contributed by atoms with E-state index in [9.17, 15) is 5.11 Å². The van der Waals surface area contributed by atoms with Gasteiger partial charge in [0, 0.05) is 11.3 Å². The maximum absolute atomic E-state index is 9.97. The summed E-state index contributed by atoms with van der Waals surface area (Å²) in [6.45, 7) is 6.27.